The molecule has 10 heteroatoms. The minimum Gasteiger partial charge on any atom is -0.339 e. The topological polar surface area (TPSA) is 131 Å². The van der Waals surface area contributed by atoms with E-state index in [0.717, 1.165) is 44.4 Å². The van der Waals surface area contributed by atoms with Crippen molar-refractivity contribution in [2.45, 2.75) is 0 Å². The molecular formula is C12H15N5O5. The van der Waals surface area contributed by atoms with Gasteiger partial charge in [0.05, 0.1) is 28.1 Å². The molecule has 2 rings (SSSR count). The summed E-state index contributed by atoms with van der Waals surface area (Å²) in [6, 6.07) is 2.88. The van der Waals surface area contributed by atoms with Gasteiger partial charge in [-0.25, -0.2) is 0 Å². The number of nitro benzene ring substituents is 2. The molecule has 1 aromatic carbocycles. The van der Waals surface area contributed by atoms with Crippen LogP contribution < -0.4 is 10.6 Å². The van der Waals surface area contributed by atoms with Crippen LogP contribution in [0.2, 0.25) is 0 Å². The summed E-state index contributed by atoms with van der Waals surface area (Å²) in [7, 11) is 0. The van der Waals surface area contributed by atoms with E-state index in [4.69, 9.17) is 0 Å². The van der Waals surface area contributed by atoms with E-state index in [-0.39, 0.29) is 12.2 Å². The number of amides is 1. The van der Waals surface area contributed by atoms with Gasteiger partial charge >= 0.3 is 0 Å². The van der Waals surface area contributed by atoms with E-state index in [1.54, 1.807) is 0 Å². The maximum absolute atomic E-state index is 12.0. The number of benzene rings is 1. The molecule has 10 nitrogen and oxygen atoms in total. The molecule has 1 heterocycles. The van der Waals surface area contributed by atoms with E-state index in [2.05, 4.69) is 10.6 Å². The lowest BCUT2D eigenvalue weighted by atomic mass is 10.1. The summed E-state index contributed by atoms with van der Waals surface area (Å²) in [6.45, 7) is 3.47. The highest BCUT2D eigenvalue weighted by atomic mass is 16.6. The van der Waals surface area contributed by atoms with E-state index >= 15 is 0 Å². The van der Waals surface area contributed by atoms with Crippen molar-refractivity contribution in [2.75, 3.05) is 32.8 Å². The van der Waals surface area contributed by atoms with E-state index in [1.165, 1.54) is 0 Å². The second-order valence-electron chi connectivity index (χ2n) is 4.78. The fourth-order valence-electron chi connectivity index (χ4n) is 2.09. The number of nitrogens with one attached hydrogen (secondary N) is 2. The number of rotatable bonds is 5. The van der Waals surface area contributed by atoms with Crippen LogP contribution >= 0.6 is 0 Å². The molecule has 22 heavy (non-hydrogen) atoms. The molecule has 0 unspecified atom stereocenters. The largest absolute Gasteiger partial charge is 0.339 e. The Morgan fingerprint density at radius 3 is 2.18 bits per heavy atom. The Kier molecular flexibility index (Phi) is 4.96. The van der Waals surface area contributed by atoms with Gasteiger partial charge in [0.15, 0.2) is 0 Å². The SMILES string of the molecule is O=C(NCN1CCNCC1)c1cc([N+](=O)[O-])cc([N+](=O)[O-])c1. The Labute approximate surface area is 125 Å². The first-order valence-electron chi connectivity index (χ1n) is 6.62. The first kappa shape index (κ1) is 15.8. The van der Waals surface area contributed by atoms with Gasteiger partial charge in [-0.3, -0.25) is 29.9 Å². The molecule has 2 N–H and O–H groups in total. The monoisotopic (exact) mass is 309 g/mol. The Bertz CT molecular complexity index is 567. The molecule has 0 bridgehead atoms. The molecule has 0 radical (unpaired) electrons. The number of carbonyl (C=O) groups excluding carboxylic acids is 1. The molecule has 1 aliphatic heterocycles. The Morgan fingerprint density at radius 2 is 1.68 bits per heavy atom. The average molecular weight is 309 g/mol. The third-order valence-electron chi connectivity index (χ3n) is 3.26. The molecule has 0 spiro atoms. The van der Waals surface area contributed by atoms with Crippen LogP contribution in [-0.2, 0) is 0 Å². The van der Waals surface area contributed by atoms with E-state index in [9.17, 15) is 25.0 Å². The standard InChI is InChI=1S/C12H15N5O5/c18-12(14-8-15-3-1-13-2-4-15)9-5-10(16(19)20)7-11(6-9)17(21)22/h5-7,13H,1-4,8H2,(H,14,18). The van der Waals surface area contributed by atoms with Gasteiger partial charge in [-0.15, -0.1) is 0 Å². The Hall–Kier alpha value is -2.59. The first-order valence-corrected chi connectivity index (χ1v) is 6.62. The van der Waals surface area contributed by atoms with Gasteiger partial charge in [0, 0.05) is 38.3 Å². The molecule has 1 aromatic rings. The second-order valence-corrected chi connectivity index (χ2v) is 4.78. The molecule has 0 atom stereocenters. The Morgan fingerprint density at radius 1 is 1.14 bits per heavy atom. The smallest absolute Gasteiger partial charge is 0.277 e. The zero-order chi connectivity index (χ0) is 16.1. The van der Waals surface area contributed by atoms with Crippen molar-refractivity contribution in [3.63, 3.8) is 0 Å². The summed E-state index contributed by atoms with van der Waals surface area (Å²) in [4.78, 5) is 34.1. The number of non-ortho nitro benzene ring substituents is 2. The van der Waals surface area contributed by atoms with Crippen LogP contribution in [0.4, 0.5) is 11.4 Å². The molecule has 1 saturated heterocycles. The van der Waals surface area contributed by atoms with Gasteiger partial charge in [0.25, 0.3) is 17.3 Å². The number of nitro groups is 2. The van der Waals surface area contributed by atoms with E-state index < -0.39 is 27.1 Å². The molecular weight excluding hydrogens is 294 g/mol. The van der Waals surface area contributed by atoms with Gasteiger partial charge in [-0.2, -0.15) is 0 Å². The minimum absolute atomic E-state index is 0.101. The fourth-order valence-corrected chi connectivity index (χ4v) is 2.09. The van der Waals surface area contributed by atoms with Crippen LogP contribution in [-0.4, -0.2) is 53.5 Å². The van der Waals surface area contributed by atoms with Gasteiger partial charge < -0.3 is 10.6 Å². The van der Waals surface area contributed by atoms with Crippen molar-refractivity contribution in [3.8, 4) is 0 Å². The van der Waals surface area contributed by atoms with Gasteiger partial charge in [-0.1, -0.05) is 0 Å². The third kappa shape index (κ3) is 3.96. The maximum Gasteiger partial charge on any atom is 0.277 e. The highest BCUT2D eigenvalue weighted by molar-refractivity contribution is 5.95. The first-order chi connectivity index (χ1) is 10.5. The lowest BCUT2D eigenvalue weighted by Crippen LogP contribution is -2.48. The number of hydrogen-bond donors (Lipinski definition) is 2. The number of carbonyl (C=O) groups is 1. The average Bonchev–Trinajstić information content (AvgIpc) is 2.53. The van der Waals surface area contributed by atoms with Gasteiger partial charge in [0.2, 0.25) is 0 Å². The number of nitrogens with zero attached hydrogens (tertiary/aromatic N) is 3. The number of hydrogen-bond acceptors (Lipinski definition) is 7. The minimum atomic E-state index is -0.764. The van der Waals surface area contributed by atoms with Crippen LogP contribution in [0, 0.1) is 20.2 Å². The highest BCUT2D eigenvalue weighted by Crippen LogP contribution is 2.22. The van der Waals surface area contributed by atoms with Crippen LogP contribution in [0.1, 0.15) is 10.4 Å². The summed E-state index contributed by atoms with van der Waals surface area (Å²) in [5.41, 5.74) is -1.07. The zero-order valence-electron chi connectivity index (χ0n) is 11.7. The van der Waals surface area contributed by atoms with Gasteiger partial charge in [0.1, 0.15) is 0 Å². The van der Waals surface area contributed by atoms with Crippen molar-refractivity contribution < 1.29 is 14.6 Å². The quantitative estimate of drug-likeness (QED) is 0.582. The van der Waals surface area contributed by atoms with Crippen molar-refractivity contribution in [2.24, 2.45) is 0 Å². The summed E-state index contributed by atoms with van der Waals surface area (Å²) >= 11 is 0. The third-order valence-corrected chi connectivity index (χ3v) is 3.26. The maximum atomic E-state index is 12.0. The molecule has 118 valence electrons. The lowest BCUT2D eigenvalue weighted by Gasteiger charge is -2.27. The van der Waals surface area contributed by atoms with Crippen molar-refractivity contribution >= 4 is 17.3 Å². The van der Waals surface area contributed by atoms with Crippen molar-refractivity contribution in [3.05, 3.63) is 44.0 Å². The molecule has 0 aliphatic carbocycles. The molecule has 1 amide bonds. The predicted molar refractivity (Wildman–Crippen MR) is 76.5 cm³/mol. The molecule has 1 fully saturated rings. The number of piperazine rings is 1. The zero-order valence-corrected chi connectivity index (χ0v) is 11.7. The van der Waals surface area contributed by atoms with Crippen LogP contribution in [0.3, 0.4) is 0 Å². The summed E-state index contributed by atoms with van der Waals surface area (Å²) < 4.78 is 0. The van der Waals surface area contributed by atoms with Crippen LogP contribution in [0.25, 0.3) is 0 Å². The van der Waals surface area contributed by atoms with Crippen molar-refractivity contribution in [1.29, 1.82) is 0 Å². The van der Waals surface area contributed by atoms with Crippen LogP contribution in [0.5, 0.6) is 0 Å². The molecule has 0 aromatic heterocycles. The lowest BCUT2D eigenvalue weighted by molar-refractivity contribution is -0.394. The molecule has 1 aliphatic rings. The summed E-state index contributed by atoms with van der Waals surface area (Å²) in [5, 5.41) is 27.4. The summed E-state index contributed by atoms with van der Waals surface area (Å²) in [6.07, 6.45) is 0. The predicted octanol–water partition coefficient (Wildman–Crippen LogP) is 0.0955. The summed E-state index contributed by atoms with van der Waals surface area (Å²) in [5.74, 6) is -0.578. The fraction of sp³-hybridized carbons (Fsp3) is 0.417. The Balaban J connectivity index is 2.10. The van der Waals surface area contributed by atoms with Gasteiger partial charge in [-0.05, 0) is 0 Å². The van der Waals surface area contributed by atoms with E-state index in [1.807, 2.05) is 4.90 Å². The normalized spacial score (nSPS) is 15.3. The second kappa shape index (κ2) is 6.91. The molecule has 0 saturated carbocycles. The highest BCUT2D eigenvalue weighted by Gasteiger charge is 2.20. The van der Waals surface area contributed by atoms with E-state index in [0.29, 0.717) is 0 Å². The van der Waals surface area contributed by atoms with Crippen molar-refractivity contribution in [1.82, 2.24) is 15.5 Å². The van der Waals surface area contributed by atoms with Crippen LogP contribution in [0.15, 0.2) is 18.2 Å².